The molecule has 2 aromatic heterocycles. The Morgan fingerprint density at radius 1 is 1.03 bits per heavy atom. The molecule has 0 unspecified atom stereocenters. The van der Waals surface area contributed by atoms with Gasteiger partial charge in [0.15, 0.2) is 9.84 Å². The number of piperazine rings is 1. The van der Waals surface area contributed by atoms with Gasteiger partial charge in [-0.1, -0.05) is 11.6 Å². The van der Waals surface area contributed by atoms with Crippen molar-refractivity contribution in [3.8, 4) is 5.69 Å². The van der Waals surface area contributed by atoms with Gasteiger partial charge in [0.2, 0.25) is 5.95 Å². The minimum absolute atomic E-state index is 0.0722. The van der Waals surface area contributed by atoms with Crippen LogP contribution in [-0.4, -0.2) is 78.1 Å². The zero-order valence-corrected chi connectivity index (χ0v) is 21.4. The van der Waals surface area contributed by atoms with Crippen LogP contribution in [0.5, 0.6) is 0 Å². The third kappa shape index (κ3) is 4.92. The Morgan fingerprint density at radius 3 is 2.42 bits per heavy atom. The minimum Gasteiger partial charge on any atom is -0.336 e. The van der Waals surface area contributed by atoms with Crippen molar-refractivity contribution in [2.24, 2.45) is 0 Å². The Labute approximate surface area is 214 Å². The van der Waals surface area contributed by atoms with Gasteiger partial charge >= 0.3 is 0 Å². The van der Waals surface area contributed by atoms with Crippen molar-refractivity contribution in [3.05, 3.63) is 71.5 Å². The Balaban J connectivity index is 1.37. The zero-order valence-electron chi connectivity index (χ0n) is 19.8. The summed E-state index contributed by atoms with van der Waals surface area (Å²) in [5.41, 5.74) is 2.56. The lowest BCUT2D eigenvalue weighted by molar-refractivity contribution is 0.0664. The van der Waals surface area contributed by atoms with Crippen molar-refractivity contribution in [3.63, 3.8) is 0 Å². The van der Waals surface area contributed by atoms with E-state index in [2.05, 4.69) is 20.2 Å². The first-order chi connectivity index (χ1) is 17.2. The molecule has 3 heterocycles. The van der Waals surface area contributed by atoms with Gasteiger partial charge in [-0.15, -0.1) is 0 Å². The molecule has 1 saturated heterocycles. The van der Waals surface area contributed by atoms with E-state index in [0.717, 1.165) is 24.2 Å². The number of fused-ring (bicyclic) bond motifs is 1. The molecule has 0 saturated carbocycles. The predicted octanol–water partition coefficient (Wildman–Crippen LogP) is 3.61. The number of benzene rings is 2. The molecular formula is C25H25ClN6O3S. The summed E-state index contributed by atoms with van der Waals surface area (Å²) in [5.74, 6) is 0.293. The largest absolute Gasteiger partial charge is 0.336 e. The van der Waals surface area contributed by atoms with Gasteiger partial charge in [0.25, 0.3) is 5.91 Å². The van der Waals surface area contributed by atoms with E-state index < -0.39 is 9.84 Å². The number of carbonyl (C=O) groups is 1. The highest BCUT2D eigenvalue weighted by molar-refractivity contribution is 7.90. The van der Waals surface area contributed by atoms with Crippen molar-refractivity contribution in [1.29, 1.82) is 0 Å². The molecule has 0 aliphatic carbocycles. The number of likely N-dealkylation sites (N-methyl/N-ethyl adjacent to an activating group) is 1. The lowest BCUT2D eigenvalue weighted by atomic mass is 10.1. The number of rotatable bonds is 5. The molecule has 186 valence electrons. The quantitative estimate of drug-likeness (QED) is 0.425. The number of anilines is 2. The summed E-state index contributed by atoms with van der Waals surface area (Å²) < 4.78 is 25.4. The van der Waals surface area contributed by atoms with Crippen molar-refractivity contribution in [2.45, 2.75) is 4.90 Å². The third-order valence-electron chi connectivity index (χ3n) is 6.22. The number of aromatic nitrogens is 3. The molecule has 5 rings (SSSR count). The van der Waals surface area contributed by atoms with Gasteiger partial charge in [-0.3, -0.25) is 4.79 Å². The van der Waals surface area contributed by atoms with Crippen molar-refractivity contribution < 1.29 is 13.2 Å². The molecule has 1 aliphatic heterocycles. The van der Waals surface area contributed by atoms with E-state index in [9.17, 15) is 13.2 Å². The lowest BCUT2D eigenvalue weighted by Gasteiger charge is -2.32. The maximum atomic E-state index is 12.9. The van der Waals surface area contributed by atoms with Crippen LogP contribution >= 0.6 is 11.6 Å². The first-order valence-electron chi connectivity index (χ1n) is 11.4. The van der Waals surface area contributed by atoms with E-state index in [1.165, 1.54) is 6.26 Å². The van der Waals surface area contributed by atoms with E-state index in [4.69, 9.17) is 11.6 Å². The summed E-state index contributed by atoms with van der Waals surface area (Å²) in [7, 11) is -1.23. The molecule has 1 fully saturated rings. The van der Waals surface area contributed by atoms with E-state index in [1.54, 1.807) is 48.7 Å². The SMILES string of the molecule is CN1CCN(C(=O)c2ccc(Nc3ncc4ccn(-c5ccc(S(C)(=O)=O)cc5)c4n3)cc2Cl)CC1. The number of sulfone groups is 1. The summed E-state index contributed by atoms with van der Waals surface area (Å²) >= 11 is 6.48. The number of carbonyl (C=O) groups excluding carboxylic acids is 1. The fourth-order valence-corrected chi connectivity index (χ4v) is 5.01. The molecule has 1 N–H and O–H groups in total. The monoisotopic (exact) mass is 524 g/mol. The molecule has 1 amide bonds. The second kappa shape index (κ2) is 9.53. The van der Waals surface area contributed by atoms with Gasteiger partial charge in [-0.2, -0.15) is 4.98 Å². The molecule has 11 heteroatoms. The summed E-state index contributed by atoms with van der Waals surface area (Å²) in [6, 6.07) is 13.7. The Kier molecular flexibility index (Phi) is 6.42. The van der Waals surface area contributed by atoms with Crippen LogP contribution in [0.15, 0.2) is 65.8 Å². The first-order valence-corrected chi connectivity index (χ1v) is 13.6. The summed E-state index contributed by atoms with van der Waals surface area (Å²) in [6.07, 6.45) is 4.74. The molecule has 0 bridgehead atoms. The smallest absolute Gasteiger partial charge is 0.255 e. The Morgan fingerprint density at radius 2 is 1.75 bits per heavy atom. The number of nitrogens with zero attached hydrogens (tertiary/aromatic N) is 5. The number of hydrogen-bond donors (Lipinski definition) is 1. The van der Waals surface area contributed by atoms with Crippen LogP contribution in [0.3, 0.4) is 0 Å². The molecule has 2 aromatic carbocycles. The van der Waals surface area contributed by atoms with Gasteiger partial charge in [0.05, 0.1) is 15.5 Å². The predicted molar refractivity (Wildman–Crippen MR) is 140 cm³/mol. The van der Waals surface area contributed by atoms with E-state index >= 15 is 0 Å². The van der Waals surface area contributed by atoms with Crippen molar-refractivity contribution >= 4 is 50.0 Å². The van der Waals surface area contributed by atoms with Crippen LogP contribution in [0, 0.1) is 0 Å². The number of hydrogen-bond acceptors (Lipinski definition) is 7. The molecule has 0 radical (unpaired) electrons. The summed E-state index contributed by atoms with van der Waals surface area (Å²) in [4.78, 5) is 26.2. The van der Waals surface area contributed by atoms with E-state index in [0.29, 0.717) is 41.0 Å². The van der Waals surface area contributed by atoms with Gasteiger partial charge < -0.3 is 19.7 Å². The van der Waals surface area contributed by atoms with Crippen LogP contribution in [0.25, 0.3) is 16.7 Å². The Hall–Kier alpha value is -3.47. The molecule has 0 spiro atoms. The van der Waals surface area contributed by atoms with E-state index in [1.807, 2.05) is 28.8 Å². The van der Waals surface area contributed by atoms with Crippen molar-refractivity contribution in [1.82, 2.24) is 24.3 Å². The van der Waals surface area contributed by atoms with E-state index in [-0.39, 0.29) is 10.8 Å². The normalized spacial score (nSPS) is 14.8. The standard InChI is InChI=1S/C25H25ClN6O3S/c1-30-11-13-31(14-12-30)24(33)21-8-3-18(15-22(21)26)28-25-27-16-17-9-10-32(23(17)29-25)19-4-6-20(7-5-19)36(2,34)35/h3-10,15-16H,11-14H2,1-2H3,(H,27,28,29). The van der Waals surface area contributed by atoms with Gasteiger partial charge in [-0.25, -0.2) is 13.4 Å². The van der Waals surface area contributed by atoms with Crippen LogP contribution < -0.4 is 5.32 Å². The number of halogens is 1. The van der Waals surface area contributed by atoms with Gasteiger partial charge in [-0.05, 0) is 55.6 Å². The average molecular weight is 525 g/mol. The van der Waals surface area contributed by atoms with Crippen molar-refractivity contribution in [2.75, 3.05) is 44.8 Å². The molecule has 9 nitrogen and oxygen atoms in total. The number of nitrogens with one attached hydrogen (secondary N) is 1. The molecule has 4 aromatic rings. The van der Waals surface area contributed by atoms with Gasteiger partial charge in [0.1, 0.15) is 5.65 Å². The highest BCUT2D eigenvalue weighted by atomic mass is 35.5. The summed E-state index contributed by atoms with van der Waals surface area (Å²) in [6.45, 7) is 3.03. The second-order valence-electron chi connectivity index (χ2n) is 8.84. The highest BCUT2D eigenvalue weighted by Crippen LogP contribution is 2.26. The third-order valence-corrected chi connectivity index (χ3v) is 7.66. The Bertz CT molecular complexity index is 1540. The maximum Gasteiger partial charge on any atom is 0.255 e. The molecule has 1 aliphatic rings. The minimum atomic E-state index is -3.27. The van der Waals surface area contributed by atoms with Crippen LogP contribution in [0.1, 0.15) is 10.4 Å². The topological polar surface area (TPSA) is 100 Å². The van der Waals surface area contributed by atoms with Gasteiger partial charge in [0, 0.05) is 61.6 Å². The number of amides is 1. The lowest BCUT2D eigenvalue weighted by Crippen LogP contribution is -2.47. The molecular weight excluding hydrogens is 500 g/mol. The van der Waals surface area contributed by atoms with Crippen LogP contribution in [-0.2, 0) is 9.84 Å². The fourth-order valence-electron chi connectivity index (χ4n) is 4.12. The summed E-state index contributed by atoms with van der Waals surface area (Å²) in [5, 5.41) is 4.35. The van der Waals surface area contributed by atoms with Crippen LogP contribution in [0.2, 0.25) is 5.02 Å². The first kappa shape index (κ1) is 24.2. The maximum absolute atomic E-state index is 12.9. The zero-order chi connectivity index (χ0) is 25.4. The molecule has 0 atom stereocenters. The fraction of sp³-hybridized carbons (Fsp3) is 0.240. The molecule has 36 heavy (non-hydrogen) atoms. The average Bonchev–Trinajstić information content (AvgIpc) is 3.27. The van der Waals surface area contributed by atoms with Crippen LogP contribution in [0.4, 0.5) is 11.6 Å². The highest BCUT2D eigenvalue weighted by Gasteiger charge is 2.22. The second-order valence-corrected chi connectivity index (χ2v) is 11.3.